The zero-order valence-corrected chi connectivity index (χ0v) is 12.0. The molecule has 1 heterocycles. The molecule has 0 spiro atoms. The third-order valence-corrected chi connectivity index (χ3v) is 3.84. The Morgan fingerprint density at radius 2 is 2.15 bits per heavy atom. The van der Waals surface area contributed by atoms with E-state index in [0.29, 0.717) is 4.88 Å². The number of esters is 1. The maximum Gasteiger partial charge on any atom is 0.406 e. The number of hydrogen-bond donors (Lipinski definition) is 0. The van der Waals surface area contributed by atoms with Gasteiger partial charge in [0, 0.05) is 10.9 Å². The fourth-order valence-corrected chi connectivity index (χ4v) is 2.79. The monoisotopic (exact) mass is 308 g/mol. The molecule has 8 heteroatoms. The molecule has 20 heavy (non-hydrogen) atoms. The Morgan fingerprint density at radius 1 is 1.50 bits per heavy atom. The lowest BCUT2D eigenvalue weighted by molar-refractivity contribution is -0.120. The van der Waals surface area contributed by atoms with Crippen molar-refractivity contribution in [2.75, 3.05) is 18.1 Å². The average molecular weight is 308 g/mol. The first-order chi connectivity index (χ1) is 9.31. The molecule has 0 N–H and O–H groups in total. The second-order valence-electron chi connectivity index (χ2n) is 4.60. The minimum absolute atomic E-state index is 0.111. The van der Waals surface area contributed by atoms with Crippen LogP contribution in [0.2, 0.25) is 0 Å². The Morgan fingerprint density at radius 3 is 2.65 bits per heavy atom. The molecule has 0 bridgehead atoms. The molecular weight excluding hydrogens is 293 g/mol. The van der Waals surface area contributed by atoms with Gasteiger partial charge in [0.15, 0.2) is 10.8 Å². The van der Waals surface area contributed by atoms with Crippen LogP contribution >= 0.6 is 11.3 Å². The van der Waals surface area contributed by atoms with Crippen molar-refractivity contribution in [2.24, 2.45) is 0 Å². The maximum absolute atomic E-state index is 12.6. The van der Waals surface area contributed by atoms with Crippen LogP contribution in [0.1, 0.15) is 35.1 Å². The zero-order valence-electron chi connectivity index (χ0n) is 11.2. The Labute approximate surface area is 118 Å². The summed E-state index contributed by atoms with van der Waals surface area (Å²) in [6.45, 7) is 2.50. The van der Waals surface area contributed by atoms with E-state index in [1.54, 1.807) is 13.8 Å². The van der Waals surface area contributed by atoms with Crippen molar-refractivity contribution in [1.82, 2.24) is 4.98 Å². The summed E-state index contributed by atoms with van der Waals surface area (Å²) in [6.07, 6.45) is -2.83. The smallest absolute Gasteiger partial charge is 0.406 e. The van der Waals surface area contributed by atoms with Crippen LogP contribution in [0.25, 0.3) is 0 Å². The van der Waals surface area contributed by atoms with Gasteiger partial charge in [-0.05, 0) is 26.7 Å². The van der Waals surface area contributed by atoms with E-state index >= 15 is 0 Å². The number of nitrogens with zero attached hydrogens (tertiary/aromatic N) is 2. The SMILES string of the molecule is CCOC(=O)c1nc(N(CC(F)(F)F)C2CC2)sc1C. The number of aryl methyl sites for hydroxylation is 1. The fourth-order valence-electron chi connectivity index (χ4n) is 1.83. The van der Waals surface area contributed by atoms with Gasteiger partial charge in [0.05, 0.1) is 6.61 Å². The zero-order chi connectivity index (χ0) is 14.9. The highest BCUT2D eigenvalue weighted by atomic mass is 32.1. The van der Waals surface area contributed by atoms with Crippen molar-refractivity contribution < 1.29 is 22.7 Å². The van der Waals surface area contributed by atoms with Crippen LogP contribution in [0, 0.1) is 6.92 Å². The summed E-state index contributed by atoms with van der Waals surface area (Å²) in [7, 11) is 0. The molecule has 2 rings (SSSR count). The van der Waals surface area contributed by atoms with E-state index in [0.717, 1.165) is 24.2 Å². The first kappa shape index (κ1) is 15.1. The number of alkyl halides is 3. The van der Waals surface area contributed by atoms with Crippen molar-refractivity contribution in [3.8, 4) is 0 Å². The van der Waals surface area contributed by atoms with Gasteiger partial charge in [-0.3, -0.25) is 0 Å². The summed E-state index contributed by atoms with van der Waals surface area (Å²) in [5.74, 6) is -0.588. The van der Waals surface area contributed by atoms with Crippen LogP contribution in [-0.2, 0) is 4.74 Å². The number of carbonyl (C=O) groups excluding carboxylic acids is 1. The lowest BCUT2D eigenvalue weighted by Crippen LogP contribution is -2.36. The normalized spacial score (nSPS) is 15.2. The third-order valence-electron chi connectivity index (χ3n) is 2.84. The molecule has 4 nitrogen and oxygen atoms in total. The molecule has 1 fully saturated rings. The molecule has 0 unspecified atom stereocenters. The number of ether oxygens (including phenoxy) is 1. The van der Waals surface area contributed by atoms with Crippen molar-refractivity contribution in [3.05, 3.63) is 10.6 Å². The highest BCUT2D eigenvalue weighted by Crippen LogP contribution is 2.37. The van der Waals surface area contributed by atoms with Gasteiger partial charge in [0.1, 0.15) is 6.54 Å². The number of rotatable bonds is 5. The van der Waals surface area contributed by atoms with Crippen molar-refractivity contribution in [2.45, 2.75) is 38.9 Å². The Hall–Kier alpha value is -1.31. The van der Waals surface area contributed by atoms with Gasteiger partial charge in [0.25, 0.3) is 0 Å². The molecule has 1 aromatic heterocycles. The molecule has 0 aliphatic heterocycles. The Bertz CT molecular complexity index is 497. The highest BCUT2D eigenvalue weighted by Gasteiger charge is 2.40. The van der Waals surface area contributed by atoms with E-state index in [2.05, 4.69) is 4.98 Å². The van der Waals surface area contributed by atoms with Crippen LogP contribution in [0.4, 0.5) is 18.3 Å². The number of anilines is 1. The molecule has 1 aromatic rings. The van der Waals surface area contributed by atoms with Crippen LogP contribution in [0.3, 0.4) is 0 Å². The van der Waals surface area contributed by atoms with Gasteiger partial charge in [-0.15, -0.1) is 11.3 Å². The second-order valence-corrected chi connectivity index (χ2v) is 5.78. The number of thiazole rings is 1. The average Bonchev–Trinajstić information content (AvgIpc) is 3.08. The van der Waals surface area contributed by atoms with Gasteiger partial charge >= 0.3 is 12.1 Å². The van der Waals surface area contributed by atoms with E-state index in [9.17, 15) is 18.0 Å². The Balaban J connectivity index is 2.22. The predicted octanol–water partition coefficient (Wildman–Crippen LogP) is 3.16. The number of carbonyl (C=O) groups is 1. The second kappa shape index (κ2) is 5.59. The third kappa shape index (κ3) is 3.62. The van der Waals surface area contributed by atoms with Gasteiger partial charge in [0.2, 0.25) is 0 Å². The summed E-state index contributed by atoms with van der Waals surface area (Å²) in [4.78, 5) is 17.5. The Kier molecular flexibility index (Phi) is 4.22. The first-order valence-electron chi connectivity index (χ1n) is 6.29. The number of aromatic nitrogens is 1. The fraction of sp³-hybridized carbons (Fsp3) is 0.667. The van der Waals surface area contributed by atoms with Crippen LogP contribution in [-0.4, -0.2) is 36.3 Å². The lowest BCUT2D eigenvalue weighted by Gasteiger charge is -2.22. The van der Waals surface area contributed by atoms with E-state index < -0.39 is 18.7 Å². The predicted molar refractivity (Wildman–Crippen MR) is 69.2 cm³/mol. The van der Waals surface area contributed by atoms with Crippen molar-refractivity contribution in [1.29, 1.82) is 0 Å². The lowest BCUT2D eigenvalue weighted by atomic mass is 10.4. The summed E-state index contributed by atoms with van der Waals surface area (Å²) in [5.41, 5.74) is 0.111. The standard InChI is InChI=1S/C12H15F3N2O2S/c1-3-19-10(18)9-7(2)20-11(16-9)17(8-4-5-8)6-12(13,14)15/h8H,3-6H2,1-2H3. The minimum Gasteiger partial charge on any atom is -0.461 e. The van der Waals surface area contributed by atoms with Crippen LogP contribution in [0.5, 0.6) is 0 Å². The molecule has 0 amide bonds. The summed E-state index contributed by atoms with van der Waals surface area (Å²) in [5, 5.41) is 0.241. The topological polar surface area (TPSA) is 42.4 Å². The van der Waals surface area contributed by atoms with E-state index in [1.807, 2.05) is 0 Å². The molecule has 1 aliphatic carbocycles. The van der Waals surface area contributed by atoms with Gasteiger partial charge in [-0.2, -0.15) is 13.2 Å². The quantitative estimate of drug-likeness (QED) is 0.784. The van der Waals surface area contributed by atoms with E-state index in [-0.39, 0.29) is 23.5 Å². The minimum atomic E-state index is -4.29. The summed E-state index contributed by atoms with van der Waals surface area (Å²) in [6, 6.07) is -0.128. The maximum atomic E-state index is 12.6. The highest BCUT2D eigenvalue weighted by molar-refractivity contribution is 7.15. The van der Waals surface area contributed by atoms with Crippen molar-refractivity contribution in [3.63, 3.8) is 0 Å². The molecule has 0 radical (unpaired) electrons. The van der Waals surface area contributed by atoms with E-state index in [4.69, 9.17) is 4.74 Å². The van der Waals surface area contributed by atoms with Crippen LogP contribution in [0.15, 0.2) is 0 Å². The largest absolute Gasteiger partial charge is 0.461 e. The van der Waals surface area contributed by atoms with Gasteiger partial charge in [-0.1, -0.05) is 0 Å². The van der Waals surface area contributed by atoms with E-state index in [1.165, 1.54) is 4.90 Å². The molecular formula is C12H15F3N2O2S. The number of halogens is 3. The first-order valence-corrected chi connectivity index (χ1v) is 7.11. The van der Waals surface area contributed by atoms with Crippen molar-refractivity contribution >= 4 is 22.4 Å². The molecule has 0 atom stereocenters. The summed E-state index contributed by atoms with van der Waals surface area (Å²) < 4.78 is 42.7. The number of hydrogen-bond acceptors (Lipinski definition) is 5. The summed E-state index contributed by atoms with van der Waals surface area (Å²) >= 11 is 1.10. The van der Waals surface area contributed by atoms with Gasteiger partial charge < -0.3 is 9.64 Å². The molecule has 1 aliphatic rings. The molecule has 1 saturated carbocycles. The van der Waals surface area contributed by atoms with Crippen LogP contribution < -0.4 is 4.90 Å². The molecule has 112 valence electrons. The molecule has 0 saturated heterocycles. The van der Waals surface area contributed by atoms with Gasteiger partial charge in [-0.25, -0.2) is 9.78 Å². The molecule has 0 aromatic carbocycles.